The normalized spacial score (nSPS) is 9.67. The Bertz CT molecular complexity index is 591. The minimum Gasteiger partial charge on any atom is -1.00 e. The van der Waals surface area contributed by atoms with Crippen LogP contribution < -0.4 is 46.6 Å². The molecule has 0 fully saturated rings. The minimum atomic E-state index is -0.721. The molecule has 94 valence electrons. The Morgan fingerprint density at radius 3 is 1.67 bits per heavy atom. The van der Waals surface area contributed by atoms with Crippen LogP contribution >= 0.6 is 0 Å². The second kappa shape index (κ2) is 6.72. The summed E-state index contributed by atoms with van der Waals surface area (Å²) in [5, 5.41) is 0. The van der Waals surface area contributed by atoms with Crippen molar-refractivity contribution in [3.63, 3.8) is 0 Å². The zero-order valence-corrected chi connectivity index (χ0v) is 12.9. The summed E-state index contributed by atoms with van der Waals surface area (Å²) >= 11 is 0. The van der Waals surface area contributed by atoms with Gasteiger partial charge in [0.1, 0.15) is 0 Å². The fourth-order valence-electron chi connectivity index (χ4n) is 1.36. The van der Waals surface area contributed by atoms with Crippen LogP contribution in [0.1, 0.15) is 15.3 Å². The maximum atomic E-state index is 11.9. The molecule has 1 aromatic heterocycles. The fraction of sp³-hybridized carbons (Fsp3) is 0.364. The molecule has 0 radical (unpaired) electrons. The summed E-state index contributed by atoms with van der Waals surface area (Å²) in [5.74, 6) is 0. The van der Waals surface area contributed by atoms with Gasteiger partial charge in [-0.05, 0) is 13.8 Å². The van der Waals surface area contributed by atoms with Crippen LogP contribution in [0.2, 0.25) is 0 Å². The van der Waals surface area contributed by atoms with Crippen LogP contribution in [0.4, 0.5) is 0 Å². The van der Waals surface area contributed by atoms with Gasteiger partial charge < -0.3 is 1.43 Å². The molecular weight excluding hydrogens is 245 g/mol. The third-order valence-electron chi connectivity index (χ3n) is 2.02. The summed E-state index contributed by atoms with van der Waals surface area (Å²) < 4.78 is 1.87. The zero-order valence-electron chi connectivity index (χ0n) is 11.9. The van der Waals surface area contributed by atoms with Gasteiger partial charge in [-0.1, -0.05) is 24.3 Å². The second-order valence-electron chi connectivity index (χ2n) is 4.10. The summed E-state index contributed by atoms with van der Waals surface area (Å²) in [6.45, 7) is 10.8. The van der Waals surface area contributed by atoms with Crippen molar-refractivity contribution in [2.75, 3.05) is 0 Å². The van der Waals surface area contributed by atoms with E-state index in [2.05, 4.69) is 18.1 Å². The molecule has 7 heteroatoms. The number of hydrogen-bond acceptors (Lipinski definition) is 3. The zero-order chi connectivity index (χ0) is 13.2. The Morgan fingerprint density at radius 1 is 1.06 bits per heavy atom. The minimum absolute atomic E-state index is 0. The van der Waals surface area contributed by atoms with E-state index in [-0.39, 0.29) is 44.1 Å². The van der Waals surface area contributed by atoms with E-state index >= 15 is 0 Å². The summed E-state index contributed by atoms with van der Waals surface area (Å²) in [5.41, 5.74) is -0.789. The Balaban J connectivity index is 0. The molecule has 0 aliphatic rings. The number of nitrogens with one attached hydrogen (secondary N) is 1. The monoisotopic (exact) mass is 261 g/mol. The molecule has 0 amide bonds. The molecule has 0 bridgehead atoms. The third-order valence-corrected chi connectivity index (χ3v) is 2.02. The van der Waals surface area contributed by atoms with Gasteiger partial charge in [-0.15, -0.1) is 0 Å². The van der Waals surface area contributed by atoms with Crippen molar-refractivity contribution in [2.24, 2.45) is 0 Å². The Kier molecular flexibility index (Phi) is 6.31. The molecule has 0 aliphatic carbocycles. The maximum Gasteiger partial charge on any atom is 1.00 e. The van der Waals surface area contributed by atoms with E-state index in [0.717, 1.165) is 9.13 Å². The molecule has 0 saturated carbocycles. The molecule has 1 N–H and O–H groups in total. The number of rotatable bonds is 4. The number of aromatic amines is 1. The average Bonchev–Trinajstić information content (AvgIpc) is 2.18. The summed E-state index contributed by atoms with van der Waals surface area (Å²) in [6, 6.07) is 0. The molecule has 6 nitrogen and oxygen atoms in total. The molecule has 1 aromatic rings. The van der Waals surface area contributed by atoms with Gasteiger partial charge in [0, 0.05) is 0 Å². The molecule has 0 aliphatic heterocycles. The number of aromatic nitrogens is 3. The molecule has 0 spiro atoms. The van der Waals surface area contributed by atoms with Gasteiger partial charge in [0.2, 0.25) is 0 Å². The second-order valence-corrected chi connectivity index (χ2v) is 4.10. The molecule has 0 atom stereocenters. The predicted octanol–water partition coefficient (Wildman–Crippen LogP) is -3.03. The van der Waals surface area contributed by atoms with Crippen molar-refractivity contribution in [1.29, 1.82) is 0 Å². The Hall–Kier alpha value is -1.11. The van der Waals surface area contributed by atoms with Crippen molar-refractivity contribution in [3.05, 3.63) is 55.8 Å². The maximum absolute atomic E-state index is 11.9. The van der Waals surface area contributed by atoms with Gasteiger partial charge in [0.15, 0.2) is 0 Å². The first-order chi connectivity index (χ1) is 7.82. The van der Waals surface area contributed by atoms with Crippen LogP contribution in [0.3, 0.4) is 0 Å². The topological polar surface area (TPSA) is 76.9 Å². The van der Waals surface area contributed by atoms with Crippen LogP contribution in [-0.4, -0.2) is 14.1 Å². The predicted molar refractivity (Wildman–Crippen MR) is 66.3 cm³/mol. The number of allylic oxidation sites excluding steroid dienone is 2. The van der Waals surface area contributed by atoms with Gasteiger partial charge in [0.05, 0.1) is 13.1 Å². The van der Waals surface area contributed by atoms with Crippen molar-refractivity contribution in [3.8, 4) is 0 Å². The standard InChI is InChI=1S/C11H15N3O3.Na.H/c1-7(2)5-13-9(15)12-10(16)14(11(13)17)6-8(3)4;;/h1,3,5-6H2,2,4H3,(H,12,15,16);;/q;+1;-1. The van der Waals surface area contributed by atoms with Crippen molar-refractivity contribution < 1.29 is 31.0 Å². The van der Waals surface area contributed by atoms with Crippen molar-refractivity contribution in [2.45, 2.75) is 26.9 Å². The molecule has 18 heavy (non-hydrogen) atoms. The van der Waals surface area contributed by atoms with E-state index in [9.17, 15) is 14.4 Å². The molecule has 0 aromatic carbocycles. The summed E-state index contributed by atoms with van der Waals surface area (Å²) in [6.07, 6.45) is 0. The van der Waals surface area contributed by atoms with Crippen molar-refractivity contribution >= 4 is 0 Å². The van der Waals surface area contributed by atoms with Crippen LogP contribution in [0.25, 0.3) is 0 Å². The van der Waals surface area contributed by atoms with Crippen LogP contribution in [0, 0.1) is 0 Å². The third kappa shape index (κ3) is 3.97. The van der Waals surface area contributed by atoms with Crippen LogP contribution in [0.5, 0.6) is 0 Å². The molecular formula is C11H16N3NaO3. The first-order valence-electron chi connectivity index (χ1n) is 5.05. The van der Waals surface area contributed by atoms with Gasteiger partial charge in [-0.2, -0.15) is 0 Å². The average molecular weight is 261 g/mol. The van der Waals surface area contributed by atoms with Gasteiger partial charge in [0.25, 0.3) is 0 Å². The van der Waals surface area contributed by atoms with E-state index in [1.807, 2.05) is 0 Å². The smallest absolute Gasteiger partial charge is 1.00 e. The van der Waals surface area contributed by atoms with Gasteiger partial charge >= 0.3 is 46.6 Å². The Morgan fingerprint density at radius 2 is 1.39 bits per heavy atom. The Labute approximate surface area is 127 Å². The molecule has 1 heterocycles. The van der Waals surface area contributed by atoms with E-state index < -0.39 is 17.1 Å². The van der Waals surface area contributed by atoms with E-state index in [4.69, 9.17) is 0 Å². The number of H-pyrrole nitrogens is 1. The fourth-order valence-corrected chi connectivity index (χ4v) is 1.36. The summed E-state index contributed by atoms with van der Waals surface area (Å²) in [7, 11) is 0. The van der Waals surface area contributed by atoms with Crippen molar-refractivity contribution in [1.82, 2.24) is 14.1 Å². The quantitative estimate of drug-likeness (QED) is 0.462. The van der Waals surface area contributed by atoms with E-state index in [1.165, 1.54) is 0 Å². The first kappa shape index (κ1) is 16.9. The van der Waals surface area contributed by atoms with Gasteiger partial charge in [-0.3, -0.25) is 4.98 Å². The largest absolute Gasteiger partial charge is 1.00 e. The van der Waals surface area contributed by atoms with Crippen LogP contribution in [0.15, 0.2) is 38.7 Å². The SMILES string of the molecule is C=C(C)Cn1c(=O)[nH]c(=O)n(CC(=C)C)c1=O.[H-].[Na+]. The van der Waals surface area contributed by atoms with Crippen LogP contribution in [-0.2, 0) is 13.1 Å². The van der Waals surface area contributed by atoms with E-state index in [0.29, 0.717) is 11.1 Å². The number of hydrogen-bond donors (Lipinski definition) is 1. The van der Waals surface area contributed by atoms with Gasteiger partial charge in [-0.25, -0.2) is 23.5 Å². The molecule has 1 rings (SSSR count). The first-order valence-corrected chi connectivity index (χ1v) is 5.05. The van der Waals surface area contributed by atoms with E-state index in [1.54, 1.807) is 13.8 Å². The number of nitrogens with zero attached hydrogens (tertiary/aromatic N) is 2. The molecule has 0 saturated heterocycles. The molecule has 0 unspecified atom stereocenters. The summed E-state index contributed by atoms with van der Waals surface area (Å²) in [4.78, 5) is 36.9.